The molecule has 0 radical (unpaired) electrons. The second-order valence-electron chi connectivity index (χ2n) is 4.24. The van der Waals surface area contributed by atoms with E-state index in [-0.39, 0.29) is 11.7 Å². The number of carbonyl (C=O) groups excluding carboxylic acids is 1. The topological polar surface area (TPSA) is 94.3 Å². The lowest BCUT2D eigenvalue weighted by Crippen LogP contribution is -2.20. The van der Waals surface area contributed by atoms with Crippen LogP contribution in [0.15, 0.2) is 12.1 Å². The molecule has 6 nitrogen and oxygen atoms in total. The van der Waals surface area contributed by atoms with Crippen molar-refractivity contribution in [3.8, 4) is 0 Å². The molecule has 2 atom stereocenters. The molecule has 0 spiro atoms. The number of anilines is 2. The van der Waals surface area contributed by atoms with E-state index in [2.05, 4.69) is 15.0 Å². The fourth-order valence-electron chi connectivity index (χ4n) is 1.45. The van der Waals surface area contributed by atoms with Crippen LogP contribution < -0.4 is 11.1 Å². The number of methoxy groups -OCH3 is 1. The normalized spacial score (nSPS) is 13.6. The molecule has 1 aromatic rings. The highest BCUT2D eigenvalue weighted by Gasteiger charge is 2.12. The van der Waals surface area contributed by atoms with Gasteiger partial charge in [-0.05, 0) is 25.5 Å². The summed E-state index contributed by atoms with van der Waals surface area (Å²) in [5, 5.41) is 3.11. The van der Waals surface area contributed by atoms with Crippen LogP contribution >= 0.6 is 0 Å². The van der Waals surface area contributed by atoms with Gasteiger partial charge < -0.3 is 15.8 Å². The van der Waals surface area contributed by atoms with E-state index in [0.717, 1.165) is 6.42 Å². The monoisotopic (exact) mass is 285 g/mol. The molecule has 7 heteroatoms. The van der Waals surface area contributed by atoms with Crippen LogP contribution in [0.3, 0.4) is 0 Å². The fourth-order valence-corrected chi connectivity index (χ4v) is 2.14. The summed E-state index contributed by atoms with van der Waals surface area (Å²) in [6.07, 6.45) is 2.39. The van der Waals surface area contributed by atoms with Crippen molar-refractivity contribution >= 4 is 28.3 Å². The Labute approximate surface area is 115 Å². The first-order chi connectivity index (χ1) is 8.93. The zero-order valence-electron chi connectivity index (χ0n) is 11.3. The molecule has 1 aromatic heterocycles. The molecular formula is C12H19N3O3S. The van der Waals surface area contributed by atoms with E-state index < -0.39 is 16.8 Å². The van der Waals surface area contributed by atoms with Gasteiger partial charge in [0.25, 0.3) is 0 Å². The number of hydrogen-bond acceptors (Lipinski definition) is 6. The van der Waals surface area contributed by atoms with Crippen LogP contribution in [0.2, 0.25) is 0 Å². The Morgan fingerprint density at radius 1 is 1.58 bits per heavy atom. The fraction of sp³-hybridized carbons (Fsp3) is 0.500. The number of carbonyl (C=O) groups is 1. The second kappa shape index (κ2) is 7.08. The van der Waals surface area contributed by atoms with Gasteiger partial charge in [-0.15, -0.1) is 0 Å². The van der Waals surface area contributed by atoms with Gasteiger partial charge >= 0.3 is 5.97 Å². The number of aromatic nitrogens is 1. The Balaban J connectivity index is 2.76. The molecule has 0 aliphatic carbocycles. The molecule has 3 N–H and O–H groups in total. The van der Waals surface area contributed by atoms with E-state index in [1.807, 2.05) is 6.92 Å². The van der Waals surface area contributed by atoms with Crippen molar-refractivity contribution in [2.24, 2.45) is 0 Å². The molecule has 0 aliphatic rings. The summed E-state index contributed by atoms with van der Waals surface area (Å²) in [6.45, 7) is 1.94. The maximum absolute atomic E-state index is 11.4. The molecule has 1 rings (SSSR count). The Morgan fingerprint density at radius 2 is 2.26 bits per heavy atom. The summed E-state index contributed by atoms with van der Waals surface area (Å²) in [7, 11) is 0.470. The number of hydrogen-bond donors (Lipinski definition) is 2. The highest BCUT2D eigenvalue weighted by Crippen LogP contribution is 2.17. The number of pyridine rings is 1. The quantitative estimate of drug-likeness (QED) is 0.758. The Morgan fingerprint density at radius 3 is 2.84 bits per heavy atom. The van der Waals surface area contributed by atoms with E-state index in [0.29, 0.717) is 17.3 Å². The van der Waals surface area contributed by atoms with Crippen LogP contribution in [0, 0.1) is 0 Å². The lowest BCUT2D eigenvalue weighted by atomic mass is 10.2. The minimum atomic E-state index is -0.828. The highest BCUT2D eigenvalue weighted by molar-refractivity contribution is 7.84. The molecule has 2 unspecified atom stereocenters. The molecule has 0 fully saturated rings. The summed E-state index contributed by atoms with van der Waals surface area (Å²) in [5.74, 6) is 0.535. The Hall–Kier alpha value is -1.63. The first kappa shape index (κ1) is 15.4. The van der Waals surface area contributed by atoms with E-state index >= 15 is 0 Å². The molecule has 0 aliphatic heterocycles. The number of nitrogen functional groups attached to an aromatic ring is 1. The van der Waals surface area contributed by atoms with Crippen molar-refractivity contribution in [3.05, 3.63) is 17.8 Å². The van der Waals surface area contributed by atoms with Crippen molar-refractivity contribution in [2.75, 3.05) is 30.2 Å². The molecule has 0 aromatic carbocycles. The van der Waals surface area contributed by atoms with Crippen LogP contribution in [0.5, 0.6) is 0 Å². The van der Waals surface area contributed by atoms with Gasteiger partial charge in [-0.2, -0.15) is 0 Å². The summed E-state index contributed by atoms with van der Waals surface area (Å²) >= 11 is 0. The van der Waals surface area contributed by atoms with Gasteiger partial charge in [0.05, 0.1) is 12.8 Å². The maximum Gasteiger partial charge on any atom is 0.356 e. The lowest BCUT2D eigenvalue weighted by molar-refractivity contribution is 0.0594. The average Bonchev–Trinajstić information content (AvgIpc) is 2.38. The molecule has 0 amide bonds. The second-order valence-corrected chi connectivity index (χ2v) is 5.79. The van der Waals surface area contributed by atoms with Crippen LogP contribution in [-0.2, 0) is 15.5 Å². The predicted molar refractivity (Wildman–Crippen MR) is 76.6 cm³/mol. The standard InChI is InChI=1S/C12H19N3O3S/c1-8(6-7-19(3)17)14-11-9(13)4-5-10(15-11)12(16)18-2/h4-5,8H,6-7,13H2,1-3H3,(H,14,15). The summed E-state index contributed by atoms with van der Waals surface area (Å²) in [5.41, 5.74) is 6.45. The molecular weight excluding hydrogens is 266 g/mol. The first-order valence-electron chi connectivity index (χ1n) is 5.85. The van der Waals surface area contributed by atoms with Gasteiger partial charge in [0.15, 0.2) is 5.69 Å². The molecule has 0 saturated carbocycles. The van der Waals surface area contributed by atoms with E-state index in [4.69, 9.17) is 5.73 Å². The van der Waals surface area contributed by atoms with E-state index in [1.54, 1.807) is 12.3 Å². The van der Waals surface area contributed by atoms with Gasteiger partial charge in [0, 0.05) is 28.9 Å². The third-order valence-corrected chi connectivity index (χ3v) is 3.35. The molecule has 0 saturated heterocycles. The maximum atomic E-state index is 11.4. The van der Waals surface area contributed by atoms with E-state index in [9.17, 15) is 9.00 Å². The van der Waals surface area contributed by atoms with Crippen molar-refractivity contribution in [2.45, 2.75) is 19.4 Å². The first-order valence-corrected chi connectivity index (χ1v) is 7.58. The highest BCUT2D eigenvalue weighted by atomic mass is 32.2. The van der Waals surface area contributed by atoms with Crippen molar-refractivity contribution in [1.82, 2.24) is 4.98 Å². The molecule has 0 bridgehead atoms. The third-order valence-electron chi connectivity index (χ3n) is 2.54. The van der Waals surface area contributed by atoms with Gasteiger partial charge in [0.2, 0.25) is 0 Å². The number of esters is 1. The Kier molecular flexibility index (Phi) is 5.75. The van der Waals surface area contributed by atoms with E-state index in [1.165, 1.54) is 13.2 Å². The van der Waals surface area contributed by atoms with Gasteiger partial charge in [-0.3, -0.25) is 4.21 Å². The number of nitrogens with zero attached hydrogens (tertiary/aromatic N) is 1. The van der Waals surface area contributed by atoms with Gasteiger partial charge in [-0.25, -0.2) is 9.78 Å². The number of nitrogens with one attached hydrogen (secondary N) is 1. The number of nitrogens with two attached hydrogens (primary N) is 1. The summed E-state index contributed by atoms with van der Waals surface area (Å²) < 4.78 is 15.6. The number of rotatable bonds is 6. The molecule has 106 valence electrons. The van der Waals surface area contributed by atoms with Crippen LogP contribution in [-0.4, -0.2) is 40.3 Å². The minimum absolute atomic E-state index is 0.0617. The van der Waals surface area contributed by atoms with Crippen LogP contribution in [0.25, 0.3) is 0 Å². The average molecular weight is 285 g/mol. The largest absolute Gasteiger partial charge is 0.464 e. The Bertz CT molecular complexity index is 479. The zero-order chi connectivity index (χ0) is 14.4. The third kappa shape index (κ3) is 4.86. The number of ether oxygens (including phenoxy) is 1. The SMILES string of the molecule is COC(=O)c1ccc(N)c(NC(C)CCS(C)=O)n1. The zero-order valence-corrected chi connectivity index (χ0v) is 12.1. The minimum Gasteiger partial charge on any atom is -0.464 e. The van der Waals surface area contributed by atoms with Crippen molar-refractivity contribution in [3.63, 3.8) is 0 Å². The van der Waals surface area contributed by atoms with Gasteiger partial charge in [0.1, 0.15) is 5.82 Å². The molecule has 1 heterocycles. The lowest BCUT2D eigenvalue weighted by Gasteiger charge is -2.15. The van der Waals surface area contributed by atoms with Crippen molar-refractivity contribution in [1.29, 1.82) is 0 Å². The predicted octanol–water partition coefficient (Wildman–Crippen LogP) is 1.02. The van der Waals surface area contributed by atoms with Crippen LogP contribution in [0.4, 0.5) is 11.5 Å². The smallest absolute Gasteiger partial charge is 0.356 e. The van der Waals surface area contributed by atoms with Gasteiger partial charge in [-0.1, -0.05) is 0 Å². The summed E-state index contributed by atoms with van der Waals surface area (Å²) in [4.78, 5) is 15.5. The summed E-state index contributed by atoms with van der Waals surface area (Å²) in [6, 6.07) is 3.18. The molecule has 19 heavy (non-hydrogen) atoms. The van der Waals surface area contributed by atoms with Crippen LogP contribution in [0.1, 0.15) is 23.8 Å². The van der Waals surface area contributed by atoms with Crippen molar-refractivity contribution < 1.29 is 13.7 Å².